The largest absolute Gasteiger partial charge is 0.496 e. The maximum atomic E-state index is 5.57. The fourth-order valence-corrected chi connectivity index (χ4v) is 4.81. The maximum absolute atomic E-state index is 5.57. The lowest BCUT2D eigenvalue weighted by atomic mass is 9.86. The average Bonchev–Trinajstić information content (AvgIpc) is 2.88. The van der Waals surface area contributed by atoms with Gasteiger partial charge in [-0.05, 0) is 50.3 Å². The van der Waals surface area contributed by atoms with Crippen LogP contribution in [0.15, 0.2) is 36.4 Å². The molecule has 1 fully saturated rings. The zero-order valence-corrected chi connectivity index (χ0v) is 21.4. The number of nitrogens with one attached hydrogen (secondary N) is 2. The van der Waals surface area contributed by atoms with Crippen LogP contribution in [0.4, 0.5) is 11.8 Å². The van der Waals surface area contributed by atoms with Crippen molar-refractivity contribution in [3.05, 3.63) is 42.0 Å². The summed E-state index contributed by atoms with van der Waals surface area (Å²) < 4.78 is 16.5. The van der Waals surface area contributed by atoms with E-state index in [-0.39, 0.29) is 7.43 Å². The Morgan fingerprint density at radius 2 is 1.58 bits per heavy atom. The van der Waals surface area contributed by atoms with Crippen LogP contribution in [0, 0.1) is 5.92 Å². The summed E-state index contributed by atoms with van der Waals surface area (Å²) in [7, 11) is 9.03. The van der Waals surface area contributed by atoms with Crippen molar-refractivity contribution in [3.8, 4) is 17.2 Å². The smallest absolute Gasteiger partial charge is 0.225 e. The van der Waals surface area contributed by atoms with Gasteiger partial charge >= 0.3 is 0 Å². The molecule has 8 nitrogen and oxygen atoms in total. The van der Waals surface area contributed by atoms with Gasteiger partial charge in [0, 0.05) is 44.2 Å². The van der Waals surface area contributed by atoms with Gasteiger partial charge in [-0.2, -0.15) is 4.98 Å². The van der Waals surface area contributed by atoms with E-state index in [1.165, 1.54) is 0 Å². The molecule has 3 aromatic rings. The molecule has 0 radical (unpaired) electrons. The van der Waals surface area contributed by atoms with E-state index in [9.17, 15) is 0 Å². The van der Waals surface area contributed by atoms with E-state index < -0.39 is 0 Å². The number of methoxy groups -OCH3 is 3. The van der Waals surface area contributed by atoms with Crippen LogP contribution in [0.5, 0.6) is 17.2 Å². The Kier molecular flexibility index (Phi) is 9.58. The third-order valence-corrected chi connectivity index (χ3v) is 6.74. The number of fused-ring (bicyclic) bond motifs is 1. The predicted molar refractivity (Wildman–Crippen MR) is 148 cm³/mol. The van der Waals surface area contributed by atoms with Crippen molar-refractivity contribution in [1.82, 2.24) is 15.3 Å². The molecular formula is C28H41N5O3. The summed E-state index contributed by atoms with van der Waals surface area (Å²) in [6, 6.07) is 12.4. The third-order valence-electron chi connectivity index (χ3n) is 6.74. The molecule has 0 amide bonds. The minimum absolute atomic E-state index is 0. The Balaban J connectivity index is 0.00000361. The Morgan fingerprint density at radius 1 is 0.917 bits per heavy atom. The van der Waals surface area contributed by atoms with Crippen molar-refractivity contribution in [2.24, 2.45) is 5.92 Å². The topological polar surface area (TPSA) is 80.8 Å². The maximum Gasteiger partial charge on any atom is 0.225 e. The monoisotopic (exact) mass is 495 g/mol. The first-order valence-electron chi connectivity index (χ1n) is 12.2. The van der Waals surface area contributed by atoms with E-state index in [0.717, 1.165) is 71.8 Å². The van der Waals surface area contributed by atoms with Crippen LogP contribution in [0.3, 0.4) is 0 Å². The number of aromatic nitrogens is 2. The number of ether oxygens (including phenoxy) is 3. The van der Waals surface area contributed by atoms with Crippen molar-refractivity contribution in [2.45, 2.75) is 45.7 Å². The predicted octanol–water partition coefficient (Wildman–Crippen LogP) is 5.12. The highest BCUT2D eigenvalue weighted by atomic mass is 16.5. The molecule has 8 heteroatoms. The zero-order chi connectivity index (χ0) is 24.8. The highest BCUT2D eigenvalue weighted by molar-refractivity contribution is 5.90. The molecule has 1 aliphatic carbocycles. The van der Waals surface area contributed by atoms with Crippen molar-refractivity contribution < 1.29 is 14.2 Å². The Bertz CT molecular complexity index is 1100. The molecule has 0 spiro atoms. The first-order valence-corrected chi connectivity index (χ1v) is 12.2. The number of nitrogens with zero attached hydrogens (tertiary/aromatic N) is 3. The third kappa shape index (κ3) is 6.29. The number of benzene rings is 2. The molecule has 1 saturated carbocycles. The van der Waals surface area contributed by atoms with Crippen LogP contribution in [0.1, 0.15) is 38.7 Å². The lowest BCUT2D eigenvalue weighted by Crippen LogP contribution is -2.31. The Morgan fingerprint density at radius 3 is 2.19 bits per heavy atom. The molecule has 36 heavy (non-hydrogen) atoms. The number of hydrogen-bond donors (Lipinski definition) is 2. The number of hydrogen-bond acceptors (Lipinski definition) is 8. The molecule has 1 aromatic heterocycles. The fourth-order valence-electron chi connectivity index (χ4n) is 4.81. The van der Waals surface area contributed by atoms with Gasteiger partial charge in [0.15, 0.2) is 0 Å². The van der Waals surface area contributed by atoms with Gasteiger partial charge in [0.05, 0.1) is 32.4 Å². The van der Waals surface area contributed by atoms with Gasteiger partial charge in [0.2, 0.25) is 5.95 Å². The van der Waals surface area contributed by atoms with Gasteiger partial charge in [-0.15, -0.1) is 0 Å². The van der Waals surface area contributed by atoms with E-state index >= 15 is 0 Å². The van der Waals surface area contributed by atoms with Crippen molar-refractivity contribution >= 4 is 22.7 Å². The second-order valence-corrected chi connectivity index (χ2v) is 9.29. The van der Waals surface area contributed by atoms with E-state index in [2.05, 4.69) is 16.7 Å². The summed E-state index contributed by atoms with van der Waals surface area (Å²) in [4.78, 5) is 11.6. The lowest BCUT2D eigenvalue weighted by Gasteiger charge is -2.29. The van der Waals surface area contributed by atoms with Gasteiger partial charge in [0.1, 0.15) is 23.1 Å². The molecule has 0 bridgehead atoms. The fraction of sp³-hybridized carbons (Fsp3) is 0.500. The highest BCUT2D eigenvalue weighted by Crippen LogP contribution is 2.34. The van der Waals surface area contributed by atoms with Gasteiger partial charge < -0.3 is 29.7 Å². The first-order chi connectivity index (χ1) is 17.0. The summed E-state index contributed by atoms with van der Waals surface area (Å²) in [5, 5.41) is 8.28. The Hall–Kier alpha value is -3.26. The quantitative estimate of drug-likeness (QED) is 0.401. The summed E-state index contributed by atoms with van der Waals surface area (Å²) in [5.41, 5.74) is 1.98. The molecule has 0 unspecified atom stereocenters. The van der Waals surface area contributed by atoms with Crippen LogP contribution < -0.4 is 29.7 Å². The van der Waals surface area contributed by atoms with E-state index in [1.807, 2.05) is 49.3 Å². The van der Waals surface area contributed by atoms with Crippen molar-refractivity contribution in [3.63, 3.8) is 0 Å². The average molecular weight is 496 g/mol. The first kappa shape index (κ1) is 27.3. The molecule has 0 saturated heterocycles. The lowest BCUT2D eigenvalue weighted by molar-refractivity contribution is 0.320. The minimum atomic E-state index is 0. The standard InChI is InChI=1S/C27H37N5O3.CH4/c1-32(2)26-21-8-6-7-9-23(21)30-27(31-26)29-19-12-10-18(11-13-19)16-28-17-22-24(34-4)14-20(33-3)15-25(22)35-5;/h6-9,14-15,18-19,28H,10-13,16-17H2,1-5H3,(H,29,30,31);1H4. The molecule has 1 aliphatic rings. The van der Waals surface area contributed by atoms with Crippen LogP contribution in [0.25, 0.3) is 10.9 Å². The van der Waals surface area contributed by atoms with E-state index in [1.54, 1.807) is 21.3 Å². The minimum Gasteiger partial charge on any atom is -0.496 e. The van der Waals surface area contributed by atoms with Gasteiger partial charge in [0.25, 0.3) is 0 Å². The molecule has 2 aromatic carbocycles. The van der Waals surface area contributed by atoms with E-state index in [4.69, 9.17) is 24.2 Å². The van der Waals surface area contributed by atoms with Gasteiger partial charge in [-0.25, -0.2) is 4.98 Å². The van der Waals surface area contributed by atoms with Crippen LogP contribution in [-0.2, 0) is 6.54 Å². The molecule has 0 aliphatic heterocycles. The summed E-state index contributed by atoms with van der Waals surface area (Å²) in [6.07, 6.45) is 4.54. The van der Waals surface area contributed by atoms with Crippen molar-refractivity contribution in [1.29, 1.82) is 0 Å². The number of para-hydroxylation sites is 1. The zero-order valence-electron chi connectivity index (χ0n) is 21.4. The molecule has 1 heterocycles. The molecular weight excluding hydrogens is 454 g/mol. The summed E-state index contributed by atoms with van der Waals surface area (Å²) >= 11 is 0. The second-order valence-electron chi connectivity index (χ2n) is 9.29. The number of anilines is 2. The summed E-state index contributed by atoms with van der Waals surface area (Å²) in [5.74, 6) is 4.57. The van der Waals surface area contributed by atoms with Gasteiger partial charge in [-0.3, -0.25) is 0 Å². The SMILES string of the molecule is C.COc1cc(OC)c(CNCC2CCC(Nc3nc(N(C)C)c4ccccc4n3)CC2)c(OC)c1. The van der Waals surface area contributed by atoms with Gasteiger partial charge in [-0.1, -0.05) is 19.6 Å². The molecule has 196 valence electrons. The number of rotatable bonds is 10. The summed E-state index contributed by atoms with van der Waals surface area (Å²) in [6.45, 7) is 1.65. The normalized spacial score (nSPS) is 17.2. The van der Waals surface area contributed by atoms with Crippen molar-refractivity contribution in [2.75, 3.05) is 52.2 Å². The molecule has 2 N–H and O–H groups in total. The van der Waals surface area contributed by atoms with Crippen LogP contribution in [0.2, 0.25) is 0 Å². The second kappa shape index (κ2) is 12.6. The molecule has 4 rings (SSSR count). The van der Waals surface area contributed by atoms with E-state index in [0.29, 0.717) is 24.5 Å². The van der Waals surface area contributed by atoms with Crippen LogP contribution in [-0.4, -0.2) is 58.0 Å². The Labute approximate surface area is 215 Å². The molecule has 0 atom stereocenters. The van der Waals surface area contributed by atoms with Crippen LogP contribution >= 0.6 is 0 Å². The highest BCUT2D eigenvalue weighted by Gasteiger charge is 2.22.